The van der Waals surface area contributed by atoms with Crippen LogP contribution in [0.5, 0.6) is 5.88 Å². The molecule has 0 radical (unpaired) electrons. The van der Waals surface area contributed by atoms with E-state index < -0.39 is 0 Å². The molecule has 30 heavy (non-hydrogen) atoms. The number of aromatic nitrogens is 2. The maximum atomic E-state index is 6.19. The van der Waals surface area contributed by atoms with Crippen LogP contribution in [0, 0.1) is 0 Å². The van der Waals surface area contributed by atoms with Crippen LogP contribution in [0.2, 0.25) is 0 Å². The zero-order valence-corrected chi connectivity index (χ0v) is 22.2. The molecule has 4 rings (SSSR count). The van der Waals surface area contributed by atoms with Gasteiger partial charge in [-0.05, 0) is 62.5 Å². The highest BCUT2D eigenvalue weighted by molar-refractivity contribution is 9.11. The molecule has 4 aromatic heterocycles. The molecule has 0 spiro atoms. The molecule has 4 aromatic rings. The average molecular weight is 586 g/mol. The lowest BCUT2D eigenvalue weighted by molar-refractivity contribution is 0.297. The predicted octanol–water partition coefficient (Wildman–Crippen LogP) is 9.41. The third-order valence-corrected chi connectivity index (χ3v) is 9.58. The van der Waals surface area contributed by atoms with Crippen LogP contribution in [0.25, 0.3) is 30.4 Å². The first-order valence-corrected chi connectivity index (χ1v) is 14.1. The highest BCUT2D eigenvalue weighted by Gasteiger charge is 2.22. The van der Waals surface area contributed by atoms with Crippen LogP contribution < -0.4 is 4.74 Å². The molecule has 0 amide bonds. The van der Waals surface area contributed by atoms with Crippen LogP contribution in [-0.4, -0.2) is 16.6 Å². The number of thiophene rings is 3. The highest BCUT2D eigenvalue weighted by Crippen LogP contribution is 2.49. The molecule has 4 heterocycles. The number of hydrogen-bond acceptors (Lipinski definition) is 6. The molecule has 0 unspecified atom stereocenters. The van der Waals surface area contributed by atoms with Crippen molar-refractivity contribution in [1.29, 1.82) is 0 Å². The van der Waals surface area contributed by atoms with E-state index in [-0.39, 0.29) is 0 Å². The topological polar surface area (TPSA) is 35.0 Å². The Kier molecular flexibility index (Phi) is 7.97. The van der Waals surface area contributed by atoms with Crippen molar-refractivity contribution in [3.05, 3.63) is 38.2 Å². The summed E-state index contributed by atoms with van der Waals surface area (Å²) in [7, 11) is 0. The summed E-state index contributed by atoms with van der Waals surface area (Å²) in [4.78, 5) is 13.9. The fourth-order valence-corrected chi connectivity index (χ4v) is 7.56. The first kappa shape index (κ1) is 22.4. The molecule has 0 saturated heterocycles. The average Bonchev–Trinajstić information content (AvgIpc) is 3.45. The van der Waals surface area contributed by atoms with Crippen LogP contribution in [0.4, 0.5) is 0 Å². The lowest BCUT2D eigenvalue weighted by Gasteiger charge is -2.07. The summed E-state index contributed by atoms with van der Waals surface area (Å²) < 4.78 is 8.43. The summed E-state index contributed by atoms with van der Waals surface area (Å²) in [5.41, 5.74) is 0.974. The predicted molar refractivity (Wildman–Crippen MR) is 138 cm³/mol. The largest absolute Gasteiger partial charge is 0.477 e. The lowest BCUT2D eigenvalue weighted by Crippen LogP contribution is -2.00. The van der Waals surface area contributed by atoms with Crippen molar-refractivity contribution in [3.63, 3.8) is 0 Å². The minimum atomic E-state index is 0.696. The summed E-state index contributed by atoms with van der Waals surface area (Å²) >= 11 is 12.4. The van der Waals surface area contributed by atoms with Crippen LogP contribution in [-0.2, 0) is 0 Å². The Morgan fingerprint density at radius 1 is 0.800 bits per heavy atom. The van der Waals surface area contributed by atoms with Crippen LogP contribution in [0.3, 0.4) is 0 Å². The molecule has 0 N–H and O–H groups in total. The first-order chi connectivity index (χ1) is 14.7. The molecule has 158 valence electrons. The Balaban J connectivity index is 1.65. The molecular weight excluding hydrogens is 564 g/mol. The maximum Gasteiger partial charge on any atom is 0.226 e. The Bertz CT molecular complexity index is 1120. The van der Waals surface area contributed by atoms with Gasteiger partial charge in [0.15, 0.2) is 0 Å². The molecule has 0 atom stereocenters. The Labute approximate surface area is 205 Å². The van der Waals surface area contributed by atoms with Crippen molar-refractivity contribution in [2.75, 3.05) is 6.61 Å². The fourth-order valence-electron chi connectivity index (χ4n) is 3.32. The van der Waals surface area contributed by atoms with E-state index in [0.717, 1.165) is 24.9 Å². The molecule has 0 bridgehead atoms. The summed E-state index contributed by atoms with van der Waals surface area (Å²) in [6.45, 7) is 2.94. The lowest BCUT2D eigenvalue weighted by atomic mass is 10.1. The van der Waals surface area contributed by atoms with Gasteiger partial charge in [-0.1, -0.05) is 39.0 Å². The minimum absolute atomic E-state index is 0.696. The third kappa shape index (κ3) is 5.15. The Hall–Kier alpha value is -0.800. The van der Waals surface area contributed by atoms with Crippen molar-refractivity contribution in [2.24, 2.45) is 0 Å². The monoisotopic (exact) mass is 584 g/mol. The van der Waals surface area contributed by atoms with Crippen molar-refractivity contribution in [3.8, 4) is 25.4 Å². The van der Waals surface area contributed by atoms with Gasteiger partial charge in [0.2, 0.25) is 5.88 Å². The number of fused-ring (bicyclic) bond motifs is 1. The van der Waals surface area contributed by atoms with Gasteiger partial charge in [-0.15, -0.1) is 34.0 Å². The maximum absolute atomic E-state index is 6.19. The van der Waals surface area contributed by atoms with E-state index in [1.165, 1.54) is 51.6 Å². The Morgan fingerprint density at radius 3 is 2.13 bits per heavy atom. The molecule has 0 aliphatic heterocycles. The van der Waals surface area contributed by atoms with E-state index in [1.807, 2.05) is 0 Å². The number of unbranched alkanes of at least 4 members (excludes halogenated alkanes) is 5. The summed E-state index contributed by atoms with van der Waals surface area (Å²) in [5, 5.41) is 1.03. The quantitative estimate of drug-likeness (QED) is 0.174. The molecule has 0 aliphatic rings. The van der Waals surface area contributed by atoms with Crippen LogP contribution >= 0.6 is 65.9 Å². The Morgan fingerprint density at radius 2 is 1.47 bits per heavy atom. The van der Waals surface area contributed by atoms with Gasteiger partial charge < -0.3 is 4.74 Å². The zero-order chi connectivity index (χ0) is 20.9. The molecule has 0 aromatic carbocycles. The third-order valence-electron chi connectivity index (χ3n) is 4.79. The summed E-state index contributed by atoms with van der Waals surface area (Å²) in [6.07, 6.45) is 9.09. The van der Waals surface area contributed by atoms with E-state index in [1.54, 1.807) is 40.3 Å². The first-order valence-electron chi connectivity index (χ1n) is 10.1. The van der Waals surface area contributed by atoms with Gasteiger partial charge in [-0.25, -0.2) is 9.97 Å². The van der Waals surface area contributed by atoms with Crippen LogP contribution in [0.1, 0.15) is 45.4 Å². The zero-order valence-electron chi connectivity index (χ0n) is 16.6. The molecular formula is C22H22Br2N2OS3. The second-order valence-corrected chi connectivity index (χ2v) is 12.9. The normalized spacial score (nSPS) is 11.4. The van der Waals surface area contributed by atoms with E-state index >= 15 is 0 Å². The highest BCUT2D eigenvalue weighted by atomic mass is 79.9. The van der Waals surface area contributed by atoms with E-state index in [0.29, 0.717) is 12.5 Å². The number of ether oxygens (including phenoxy) is 1. The van der Waals surface area contributed by atoms with Crippen molar-refractivity contribution < 1.29 is 4.74 Å². The van der Waals surface area contributed by atoms with Gasteiger partial charge in [-0.3, -0.25) is 0 Å². The van der Waals surface area contributed by atoms with Crippen LogP contribution in [0.15, 0.2) is 38.2 Å². The molecule has 8 heteroatoms. The summed E-state index contributed by atoms with van der Waals surface area (Å²) in [5.74, 6) is 0.700. The number of hydrogen-bond donors (Lipinski definition) is 0. The van der Waals surface area contributed by atoms with Crippen molar-refractivity contribution >= 4 is 76.8 Å². The number of halogens is 2. The van der Waals surface area contributed by atoms with Gasteiger partial charge in [0.05, 0.1) is 34.8 Å². The van der Waals surface area contributed by atoms with Gasteiger partial charge in [0.25, 0.3) is 0 Å². The van der Waals surface area contributed by atoms with Crippen molar-refractivity contribution in [2.45, 2.75) is 45.4 Å². The minimum Gasteiger partial charge on any atom is -0.477 e. The summed E-state index contributed by atoms with van der Waals surface area (Å²) in [6, 6.07) is 8.48. The van der Waals surface area contributed by atoms with Gasteiger partial charge >= 0.3 is 0 Å². The standard InChI is InChI=1S/C22H22Br2N2OS3/c1-2-3-4-5-6-7-12-27-22-18-19(25-13-26-22)21(15-9-11-17(24)29-15)30-20(18)14-8-10-16(23)28-14/h8-11,13H,2-7,12H2,1H3. The fraction of sp³-hybridized carbons (Fsp3) is 0.364. The van der Waals surface area contributed by atoms with Gasteiger partial charge in [0.1, 0.15) is 6.33 Å². The molecule has 0 aliphatic carbocycles. The van der Waals surface area contributed by atoms with Crippen molar-refractivity contribution in [1.82, 2.24) is 9.97 Å². The molecule has 0 fully saturated rings. The van der Waals surface area contributed by atoms with E-state index in [9.17, 15) is 0 Å². The SMILES string of the molecule is CCCCCCCCOc1ncnc2c(-c3ccc(Br)s3)sc(-c3ccc(Br)s3)c12. The van der Waals surface area contributed by atoms with Gasteiger partial charge in [0, 0.05) is 9.75 Å². The number of nitrogens with zero attached hydrogens (tertiary/aromatic N) is 2. The molecule has 3 nitrogen and oxygen atoms in total. The van der Waals surface area contributed by atoms with E-state index in [4.69, 9.17) is 4.74 Å². The number of rotatable bonds is 10. The van der Waals surface area contributed by atoms with E-state index in [2.05, 4.69) is 73.0 Å². The second kappa shape index (κ2) is 10.7. The smallest absolute Gasteiger partial charge is 0.226 e. The molecule has 0 saturated carbocycles. The second-order valence-electron chi connectivity index (χ2n) is 6.99. The van der Waals surface area contributed by atoms with Gasteiger partial charge in [-0.2, -0.15) is 0 Å².